The Morgan fingerprint density at radius 1 is 1.20 bits per heavy atom. The standard InChI is InChI=1S/C16H16ClNO2/c1-11-5-3-7-14(9-11)18-16(19)12(2)20-15-8-4-6-13(17)10-15/h3-10,12H,1-2H3,(H,18,19)/t12-/m0/s1. The zero-order valence-corrected chi connectivity index (χ0v) is 12.1. The summed E-state index contributed by atoms with van der Waals surface area (Å²) in [5, 5.41) is 3.40. The van der Waals surface area contributed by atoms with Crippen molar-refractivity contribution >= 4 is 23.2 Å². The Balaban J connectivity index is 1.98. The maximum Gasteiger partial charge on any atom is 0.265 e. The zero-order valence-electron chi connectivity index (χ0n) is 11.4. The number of carbonyl (C=O) groups excluding carboxylic acids is 1. The van der Waals surface area contributed by atoms with Crippen molar-refractivity contribution in [3.63, 3.8) is 0 Å². The van der Waals surface area contributed by atoms with Crippen molar-refractivity contribution in [3.8, 4) is 5.75 Å². The second kappa shape index (κ2) is 6.44. The molecule has 0 aliphatic carbocycles. The van der Waals surface area contributed by atoms with Crippen LogP contribution in [-0.2, 0) is 4.79 Å². The summed E-state index contributed by atoms with van der Waals surface area (Å²) in [5.41, 5.74) is 1.85. The van der Waals surface area contributed by atoms with Crippen molar-refractivity contribution in [2.45, 2.75) is 20.0 Å². The maximum atomic E-state index is 12.0. The van der Waals surface area contributed by atoms with Gasteiger partial charge >= 0.3 is 0 Å². The summed E-state index contributed by atoms with van der Waals surface area (Å²) in [4.78, 5) is 12.0. The van der Waals surface area contributed by atoms with Crippen LogP contribution in [0.5, 0.6) is 5.75 Å². The average molecular weight is 290 g/mol. The first kappa shape index (κ1) is 14.4. The molecule has 0 aromatic heterocycles. The number of benzene rings is 2. The van der Waals surface area contributed by atoms with Gasteiger partial charge in [-0.05, 0) is 49.7 Å². The van der Waals surface area contributed by atoms with Crippen molar-refractivity contribution in [2.75, 3.05) is 5.32 Å². The lowest BCUT2D eigenvalue weighted by Crippen LogP contribution is -2.30. The van der Waals surface area contributed by atoms with E-state index in [4.69, 9.17) is 16.3 Å². The van der Waals surface area contributed by atoms with Gasteiger partial charge in [-0.2, -0.15) is 0 Å². The van der Waals surface area contributed by atoms with Crippen LogP contribution < -0.4 is 10.1 Å². The third-order valence-electron chi connectivity index (χ3n) is 2.76. The normalized spacial score (nSPS) is 11.8. The number of ether oxygens (including phenoxy) is 1. The number of carbonyl (C=O) groups is 1. The Morgan fingerprint density at radius 3 is 2.65 bits per heavy atom. The zero-order chi connectivity index (χ0) is 14.5. The number of hydrogen-bond donors (Lipinski definition) is 1. The molecule has 0 aliphatic heterocycles. The lowest BCUT2D eigenvalue weighted by Gasteiger charge is -2.15. The first-order valence-electron chi connectivity index (χ1n) is 6.34. The fourth-order valence-electron chi connectivity index (χ4n) is 1.76. The molecule has 0 fully saturated rings. The third kappa shape index (κ3) is 4.00. The molecule has 104 valence electrons. The molecule has 0 unspecified atom stereocenters. The van der Waals surface area contributed by atoms with Crippen LogP contribution >= 0.6 is 11.6 Å². The van der Waals surface area contributed by atoms with E-state index in [2.05, 4.69) is 5.32 Å². The molecule has 2 rings (SSSR count). The van der Waals surface area contributed by atoms with E-state index >= 15 is 0 Å². The molecule has 0 aliphatic rings. The highest BCUT2D eigenvalue weighted by Gasteiger charge is 2.14. The van der Waals surface area contributed by atoms with Crippen LogP contribution in [0.15, 0.2) is 48.5 Å². The molecule has 1 atom stereocenters. The summed E-state index contributed by atoms with van der Waals surface area (Å²) in [5.74, 6) is 0.375. The number of aryl methyl sites for hydroxylation is 1. The van der Waals surface area contributed by atoms with Gasteiger partial charge in [-0.25, -0.2) is 0 Å². The molecule has 2 aromatic carbocycles. The average Bonchev–Trinajstić information content (AvgIpc) is 2.38. The molecule has 0 spiro atoms. The van der Waals surface area contributed by atoms with Crippen LogP contribution in [0, 0.1) is 6.92 Å². The van der Waals surface area contributed by atoms with Crippen LogP contribution in [0.4, 0.5) is 5.69 Å². The van der Waals surface area contributed by atoms with Gasteiger partial charge in [0.1, 0.15) is 5.75 Å². The summed E-state index contributed by atoms with van der Waals surface area (Å²) in [6.07, 6.45) is -0.603. The molecular weight excluding hydrogens is 274 g/mol. The van der Waals surface area contributed by atoms with Gasteiger partial charge in [0.05, 0.1) is 0 Å². The van der Waals surface area contributed by atoms with Crippen molar-refractivity contribution in [1.82, 2.24) is 0 Å². The number of amides is 1. The number of hydrogen-bond acceptors (Lipinski definition) is 2. The van der Waals surface area contributed by atoms with Gasteiger partial charge in [0.15, 0.2) is 6.10 Å². The largest absolute Gasteiger partial charge is 0.481 e. The van der Waals surface area contributed by atoms with Crippen LogP contribution in [0.3, 0.4) is 0 Å². The Kier molecular flexibility index (Phi) is 4.64. The minimum absolute atomic E-state index is 0.199. The Labute approximate surface area is 123 Å². The first-order valence-corrected chi connectivity index (χ1v) is 6.72. The highest BCUT2D eigenvalue weighted by Crippen LogP contribution is 2.19. The van der Waals surface area contributed by atoms with Gasteiger partial charge in [0, 0.05) is 10.7 Å². The molecule has 1 N–H and O–H groups in total. The van der Waals surface area contributed by atoms with Crippen LogP contribution in [0.2, 0.25) is 5.02 Å². The predicted molar refractivity (Wildman–Crippen MR) is 81.4 cm³/mol. The number of halogens is 1. The minimum Gasteiger partial charge on any atom is -0.481 e. The van der Waals surface area contributed by atoms with Crippen molar-refractivity contribution in [3.05, 3.63) is 59.1 Å². The van der Waals surface area contributed by atoms with Gasteiger partial charge in [0.2, 0.25) is 0 Å². The fraction of sp³-hybridized carbons (Fsp3) is 0.188. The molecule has 4 heteroatoms. The lowest BCUT2D eigenvalue weighted by atomic mass is 10.2. The number of anilines is 1. The molecule has 0 radical (unpaired) electrons. The van der Waals surface area contributed by atoms with Crippen molar-refractivity contribution in [2.24, 2.45) is 0 Å². The minimum atomic E-state index is -0.603. The van der Waals surface area contributed by atoms with E-state index in [9.17, 15) is 4.79 Å². The summed E-state index contributed by atoms with van der Waals surface area (Å²) in [7, 11) is 0. The topological polar surface area (TPSA) is 38.3 Å². The van der Waals surface area contributed by atoms with E-state index < -0.39 is 6.10 Å². The summed E-state index contributed by atoms with van der Waals surface area (Å²) in [6, 6.07) is 14.6. The van der Waals surface area contributed by atoms with Crippen molar-refractivity contribution < 1.29 is 9.53 Å². The number of nitrogens with one attached hydrogen (secondary N) is 1. The molecule has 0 saturated carbocycles. The van der Waals surface area contributed by atoms with Crippen LogP contribution in [0.1, 0.15) is 12.5 Å². The molecule has 0 saturated heterocycles. The van der Waals surface area contributed by atoms with E-state index in [0.29, 0.717) is 10.8 Å². The van der Waals surface area contributed by atoms with Gasteiger partial charge in [-0.1, -0.05) is 29.8 Å². The SMILES string of the molecule is Cc1cccc(NC(=O)[C@H](C)Oc2cccc(Cl)c2)c1. The Bertz CT molecular complexity index is 613. The third-order valence-corrected chi connectivity index (χ3v) is 3.00. The molecule has 1 amide bonds. The van der Waals surface area contributed by atoms with E-state index in [1.54, 1.807) is 31.2 Å². The van der Waals surface area contributed by atoms with Crippen LogP contribution in [-0.4, -0.2) is 12.0 Å². The second-order valence-corrected chi connectivity index (χ2v) is 5.01. The van der Waals surface area contributed by atoms with E-state index in [1.807, 2.05) is 31.2 Å². The number of rotatable bonds is 4. The molecule has 2 aromatic rings. The highest BCUT2D eigenvalue weighted by atomic mass is 35.5. The summed E-state index contributed by atoms with van der Waals surface area (Å²) < 4.78 is 5.56. The molecule has 3 nitrogen and oxygen atoms in total. The van der Waals surface area contributed by atoms with Gasteiger partial charge in [-0.15, -0.1) is 0 Å². The van der Waals surface area contributed by atoms with Crippen molar-refractivity contribution in [1.29, 1.82) is 0 Å². The smallest absolute Gasteiger partial charge is 0.265 e. The van der Waals surface area contributed by atoms with E-state index in [1.165, 1.54) is 0 Å². The summed E-state index contributed by atoms with van der Waals surface area (Å²) in [6.45, 7) is 3.67. The molecule has 0 bridgehead atoms. The lowest BCUT2D eigenvalue weighted by molar-refractivity contribution is -0.122. The molecular formula is C16H16ClNO2. The second-order valence-electron chi connectivity index (χ2n) is 4.58. The van der Waals surface area contributed by atoms with Gasteiger partial charge in [-0.3, -0.25) is 4.79 Å². The molecule has 20 heavy (non-hydrogen) atoms. The van der Waals surface area contributed by atoms with Crippen LogP contribution in [0.25, 0.3) is 0 Å². The quantitative estimate of drug-likeness (QED) is 0.922. The highest BCUT2D eigenvalue weighted by molar-refractivity contribution is 6.30. The predicted octanol–water partition coefficient (Wildman–Crippen LogP) is 4.05. The van der Waals surface area contributed by atoms with Gasteiger partial charge in [0.25, 0.3) is 5.91 Å². The monoisotopic (exact) mass is 289 g/mol. The van der Waals surface area contributed by atoms with E-state index in [-0.39, 0.29) is 5.91 Å². The Hall–Kier alpha value is -2.00. The van der Waals surface area contributed by atoms with Gasteiger partial charge < -0.3 is 10.1 Å². The molecule has 0 heterocycles. The first-order chi connectivity index (χ1) is 9.54. The Morgan fingerprint density at radius 2 is 1.95 bits per heavy atom. The maximum absolute atomic E-state index is 12.0. The summed E-state index contributed by atoms with van der Waals surface area (Å²) >= 11 is 5.87. The van der Waals surface area contributed by atoms with E-state index in [0.717, 1.165) is 11.3 Å². The fourth-order valence-corrected chi connectivity index (χ4v) is 1.94.